The number of nitrogens with zero attached hydrogens (tertiary/aromatic N) is 2. The van der Waals surface area contributed by atoms with Gasteiger partial charge in [0.15, 0.2) is 0 Å². The van der Waals surface area contributed by atoms with Crippen LogP contribution in [0.25, 0.3) is 0 Å². The minimum atomic E-state index is -1.58. The lowest BCUT2D eigenvalue weighted by molar-refractivity contribution is -0.141. The van der Waals surface area contributed by atoms with Crippen molar-refractivity contribution >= 4 is 40.9 Å². The van der Waals surface area contributed by atoms with Gasteiger partial charge in [0.1, 0.15) is 17.3 Å². The number of imide groups is 2. The maximum Gasteiger partial charge on any atom is 0.260 e. The van der Waals surface area contributed by atoms with E-state index in [0.29, 0.717) is 27.6 Å². The smallest absolute Gasteiger partial charge is 0.260 e. The van der Waals surface area contributed by atoms with Gasteiger partial charge in [-0.2, -0.15) is 5.01 Å². The number of hydrogen-bond acceptors (Lipinski definition) is 7. The van der Waals surface area contributed by atoms with Crippen LogP contribution in [-0.4, -0.2) is 52.3 Å². The molecule has 3 aromatic rings. The van der Waals surface area contributed by atoms with Crippen molar-refractivity contribution in [2.24, 2.45) is 23.7 Å². The molecule has 1 saturated carbocycles. The molecule has 2 saturated heterocycles. The molecule has 11 heteroatoms. The molecule has 4 amide bonds. The number of hydrogen-bond donors (Lipinski definition) is 2. The quantitative estimate of drug-likeness (QED) is 0.280. The summed E-state index contributed by atoms with van der Waals surface area (Å²) in [5.74, 6) is -5.59. The van der Waals surface area contributed by atoms with Gasteiger partial charge in [-0.05, 0) is 73.7 Å². The van der Waals surface area contributed by atoms with Crippen molar-refractivity contribution in [1.29, 1.82) is 0 Å². The third kappa shape index (κ3) is 4.19. The molecule has 4 aliphatic rings. The molecule has 2 N–H and O–H groups in total. The lowest BCUT2D eigenvalue weighted by atomic mass is 9.49. The van der Waals surface area contributed by atoms with E-state index >= 15 is 4.79 Å². The molecule has 3 aromatic carbocycles. The molecule has 2 heterocycles. The highest BCUT2D eigenvalue weighted by Crippen LogP contribution is 2.65. The molecule has 2 aliphatic heterocycles. The van der Waals surface area contributed by atoms with Crippen molar-refractivity contribution in [2.45, 2.75) is 31.1 Å². The largest absolute Gasteiger partial charge is 0.508 e. The van der Waals surface area contributed by atoms with Crippen LogP contribution in [0.2, 0.25) is 5.02 Å². The maximum atomic E-state index is 15.0. The number of benzene rings is 3. The van der Waals surface area contributed by atoms with Crippen LogP contribution in [0, 0.1) is 29.5 Å². The fourth-order valence-electron chi connectivity index (χ4n) is 8.27. The van der Waals surface area contributed by atoms with E-state index in [9.17, 15) is 23.9 Å². The van der Waals surface area contributed by atoms with Gasteiger partial charge in [0.25, 0.3) is 11.8 Å². The highest BCUT2D eigenvalue weighted by Gasteiger charge is 2.70. The van der Waals surface area contributed by atoms with Crippen LogP contribution < -0.4 is 10.2 Å². The third-order valence-corrected chi connectivity index (χ3v) is 10.5. The van der Waals surface area contributed by atoms with Crippen molar-refractivity contribution < 1.29 is 33.4 Å². The number of phenols is 1. The van der Waals surface area contributed by atoms with Crippen LogP contribution in [0.3, 0.4) is 0 Å². The molecule has 3 fully saturated rings. The van der Waals surface area contributed by atoms with Crippen LogP contribution in [0.4, 0.5) is 10.1 Å². The number of fused-ring (bicyclic) bond motifs is 4. The van der Waals surface area contributed by atoms with Crippen LogP contribution in [0.15, 0.2) is 78.4 Å². The summed E-state index contributed by atoms with van der Waals surface area (Å²) in [6, 6.07) is 16.8. The number of halogens is 2. The zero-order valence-electron chi connectivity index (χ0n) is 25.1. The number of hydrazine groups is 1. The number of carbonyl (C=O) groups is 4. The Morgan fingerprint density at radius 3 is 2.35 bits per heavy atom. The van der Waals surface area contributed by atoms with E-state index in [1.54, 1.807) is 43.3 Å². The van der Waals surface area contributed by atoms with Crippen molar-refractivity contribution in [3.05, 3.63) is 100 Å². The minimum absolute atomic E-state index is 0.117. The minimum Gasteiger partial charge on any atom is -0.508 e. The second-order valence-electron chi connectivity index (χ2n) is 12.2. The van der Waals surface area contributed by atoms with Gasteiger partial charge >= 0.3 is 0 Å². The summed E-state index contributed by atoms with van der Waals surface area (Å²) in [5, 5.41) is 12.9. The average molecular weight is 644 g/mol. The maximum absolute atomic E-state index is 15.0. The molecule has 0 aromatic heterocycles. The average Bonchev–Trinajstić information content (AvgIpc) is 3.43. The van der Waals surface area contributed by atoms with Crippen LogP contribution in [-0.2, 0) is 24.6 Å². The van der Waals surface area contributed by atoms with E-state index in [1.165, 1.54) is 42.3 Å². The normalized spacial score (nSPS) is 28.5. The Hall–Kier alpha value is -4.70. The molecule has 0 radical (unpaired) electrons. The molecule has 9 nitrogen and oxygen atoms in total. The van der Waals surface area contributed by atoms with Crippen LogP contribution in [0.1, 0.15) is 36.8 Å². The first-order valence-electron chi connectivity index (χ1n) is 15.2. The third-order valence-electron chi connectivity index (χ3n) is 10.2. The second kappa shape index (κ2) is 11.0. The number of ether oxygens (including phenoxy) is 1. The Morgan fingerprint density at radius 1 is 0.978 bits per heavy atom. The standard InChI is InChI=1S/C35H31ClFN3O6/c1-3-39-31(42)25-15-14-23-26(29(25)33(39)44)17-27-32(43)40(38-21-10-8-20(37)9-11-21)34(45)35(27,18-4-6-19(36)7-5-18)30(23)24-13-12-22(46-2)16-28(24)41/h4-14,16,25-27,29-30,38,41H,3,15,17H2,1-2H3/t25-,26+,27-,29-,30+,35+/m0/s1. The van der Waals surface area contributed by atoms with Gasteiger partial charge in [-0.25, -0.2) is 4.39 Å². The summed E-state index contributed by atoms with van der Waals surface area (Å²) < 4.78 is 19.1. The van der Waals surface area contributed by atoms with Crippen molar-refractivity contribution in [1.82, 2.24) is 9.91 Å². The Morgan fingerprint density at radius 2 is 1.70 bits per heavy atom. The molecular weight excluding hydrogens is 613 g/mol. The summed E-state index contributed by atoms with van der Waals surface area (Å²) in [6.07, 6.45) is 2.32. The molecule has 2 aliphatic carbocycles. The molecular formula is C35H31ClFN3O6. The van der Waals surface area contributed by atoms with E-state index in [1.807, 2.05) is 6.08 Å². The van der Waals surface area contributed by atoms with Gasteiger partial charge in [-0.1, -0.05) is 41.4 Å². The number of aromatic hydroxyl groups is 1. The summed E-state index contributed by atoms with van der Waals surface area (Å²) in [5.41, 5.74) is 3.26. The first-order chi connectivity index (χ1) is 22.1. The topological polar surface area (TPSA) is 116 Å². The second-order valence-corrected chi connectivity index (χ2v) is 12.7. The van der Waals surface area contributed by atoms with Gasteiger partial charge in [0.05, 0.1) is 36.0 Å². The molecule has 0 unspecified atom stereocenters. The van der Waals surface area contributed by atoms with Gasteiger partial charge in [-0.15, -0.1) is 0 Å². The number of rotatable bonds is 6. The van der Waals surface area contributed by atoms with E-state index in [0.717, 1.165) is 10.6 Å². The lowest BCUT2D eigenvalue weighted by Crippen LogP contribution is -2.53. The van der Waals surface area contributed by atoms with Gasteiger partial charge in [-0.3, -0.25) is 29.5 Å². The lowest BCUT2D eigenvalue weighted by Gasteiger charge is -2.50. The van der Waals surface area contributed by atoms with E-state index in [2.05, 4.69) is 5.43 Å². The molecule has 0 spiro atoms. The zero-order chi connectivity index (χ0) is 32.5. The predicted octanol–water partition coefficient (Wildman–Crippen LogP) is 5.20. The first kappa shape index (κ1) is 30.0. The van der Waals surface area contributed by atoms with E-state index < -0.39 is 52.6 Å². The fourth-order valence-corrected chi connectivity index (χ4v) is 8.40. The number of phenolic OH excluding ortho intramolecular Hbond substituents is 1. The molecule has 7 rings (SSSR count). The molecule has 46 heavy (non-hydrogen) atoms. The molecule has 0 bridgehead atoms. The highest BCUT2D eigenvalue weighted by atomic mass is 35.5. The SMILES string of the molecule is CCN1C(=O)[C@H]2[C@H](CC=C3[C@H]2C[C@H]2C(=O)N(Nc4ccc(F)cc4)C(=O)[C@@]2(c2ccc(Cl)cc2)[C@H]3c2ccc(OC)cc2O)C1=O. The zero-order valence-corrected chi connectivity index (χ0v) is 25.8. The Balaban J connectivity index is 1.47. The summed E-state index contributed by atoms with van der Waals surface area (Å²) in [6.45, 7) is 1.99. The van der Waals surface area contributed by atoms with Crippen LogP contribution >= 0.6 is 11.6 Å². The number of likely N-dealkylation sites (tertiary alicyclic amines) is 1. The fraction of sp³-hybridized carbons (Fsp3) is 0.314. The monoisotopic (exact) mass is 643 g/mol. The summed E-state index contributed by atoms with van der Waals surface area (Å²) in [7, 11) is 1.47. The Bertz CT molecular complexity index is 1810. The van der Waals surface area contributed by atoms with Gasteiger partial charge < -0.3 is 9.84 Å². The van der Waals surface area contributed by atoms with Crippen molar-refractivity contribution in [2.75, 3.05) is 19.1 Å². The van der Waals surface area contributed by atoms with Gasteiger partial charge in [0.2, 0.25) is 11.8 Å². The first-order valence-corrected chi connectivity index (χ1v) is 15.6. The van der Waals surface area contributed by atoms with E-state index in [4.69, 9.17) is 16.3 Å². The number of methoxy groups -OCH3 is 1. The van der Waals surface area contributed by atoms with E-state index in [-0.39, 0.29) is 37.0 Å². The van der Waals surface area contributed by atoms with Gasteiger partial charge in [0, 0.05) is 29.1 Å². The molecule has 6 atom stereocenters. The Labute approximate surface area is 269 Å². The van der Waals surface area contributed by atoms with Crippen molar-refractivity contribution in [3.8, 4) is 11.5 Å². The highest BCUT2D eigenvalue weighted by molar-refractivity contribution is 6.30. The number of anilines is 1. The number of allylic oxidation sites excluding steroid dienone is 2. The van der Waals surface area contributed by atoms with Crippen molar-refractivity contribution in [3.63, 3.8) is 0 Å². The number of amides is 4. The Kier molecular flexibility index (Phi) is 7.15. The molecule has 236 valence electrons. The number of carbonyl (C=O) groups excluding carboxylic acids is 4. The van der Waals surface area contributed by atoms with Crippen LogP contribution in [0.5, 0.6) is 11.5 Å². The number of nitrogens with one attached hydrogen (secondary N) is 1. The predicted molar refractivity (Wildman–Crippen MR) is 166 cm³/mol. The summed E-state index contributed by atoms with van der Waals surface area (Å²) in [4.78, 5) is 57.9. The summed E-state index contributed by atoms with van der Waals surface area (Å²) >= 11 is 6.30.